The van der Waals surface area contributed by atoms with Gasteiger partial charge in [0.25, 0.3) is 0 Å². The summed E-state index contributed by atoms with van der Waals surface area (Å²) in [7, 11) is 0. The van der Waals surface area contributed by atoms with Crippen molar-refractivity contribution in [2.24, 2.45) is 10.7 Å². The predicted octanol–water partition coefficient (Wildman–Crippen LogP) is 3.24. The lowest BCUT2D eigenvalue weighted by Gasteiger charge is -2.36. The molecule has 8 heteroatoms. The largest absolute Gasteiger partial charge is 0.489 e. The van der Waals surface area contributed by atoms with E-state index >= 15 is 0 Å². The molecule has 0 atom stereocenters. The van der Waals surface area contributed by atoms with Crippen LogP contribution in [-0.4, -0.2) is 60.2 Å². The fourth-order valence-electron chi connectivity index (χ4n) is 2.63. The molecule has 1 saturated heterocycles. The number of guanidine groups is 1. The maximum atomic E-state index is 12.1. The summed E-state index contributed by atoms with van der Waals surface area (Å²) >= 11 is 0. The third kappa shape index (κ3) is 7.57. The Bertz CT molecular complexity index is 680. The number of rotatable bonds is 5. The Morgan fingerprint density at radius 3 is 2.43 bits per heavy atom. The van der Waals surface area contributed by atoms with Crippen LogP contribution in [0.3, 0.4) is 0 Å². The molecule has 1 fully saturated rings. The highest BCUT2D eigenvalue weighted by Crippen LogP contribution is 2.19. The third-order valence-electron chi connectivity index (χ3n) is 4.00. The van der Waals surface area contributed by atoms with Crippen LogP contribution in [0.25, 0.3) is 0 Å². The second-order valence-corrected chi connectivity index (χ2v) is 7.34. The summed E-state index contributed by atoms with van der Waals surface area (Å²) in [4.78, 5) is 20.3. The van der Waals surface area contributed by atoms with Crippen LogP contribution in [0.15, 0.2) is 41.9 Å². The molecular formula is C20H31IN4O3. The van der Waals surface area contributed by atoms with Gasteiger partial charge in [0, 0.05) is 31.7 Å². The second-order valence-electron chi connectivity index (χ2n) is 7.34. The van der Waals surface area contributed by atoms with Crippen molar-refractivity contribution in [2.75, 3.05) is 32.8 Å². The van der Waals surface area contributed by atoms with E-state index in [9.17, 15) is 4.79 Å². The van der Waals surface area contributed by atoms with E-state index in [4.69, 9.17) is 15.2 Å². The van der Waals surface area contributed by atoms with E-state index in [0.717, 1.165) is 11.3 Å². The Morgan fingerprint density at radius 1 is 1.21 bits per heavy atom. The fourth-order valence-corrected chi connectivity index (χ4v) is 2.63. The second kappa shape index (κ2) is 11.1. The molecule has 0 saturated carbocycles. The Morgan fingerprint density at radius 2 is 1.82 bits per heavy atom. The predicted molar refractivity (Wildman–Crippen MR) is 122 cm³/mol. The summed E-state index contributed by atoms with van der Waals surface area (Å²) in [6.07, 6.45) is 1.42. The van der Waals surface area contributed by atoms with E-state index in [2.05, 4.69) is 11.6 Å². The maximum Gasteiger partial charge on any atom is 0.410 e. The number of nitrogens with zero attached hydrogens (tertiary/aromatic N) is 3. The molecular weight excluding hydrogens is 471 g/mol. The van der Waals surface area contributed by atoms with Gasteiger partial charge in [0.15, 0.2) is 5.96 Å². The summed E-state index contributed by atoms with van der Waals surface area (Å²) in [6, 6.07) is 7.74. The lowest BCUT2D eigenvalue weighted by Crippen LogP contribution is -2.53. The number of hydrogen-bond donors (Lipinski definition) is 1. The molecule has 1 amide bonds. The summed E-state index contributed by atoms with van der Waals surface area (Å²) < 4.78 is 11.1. The minimum Gasteiger partial charge on any atom is -0.489 e. The molecule has 0 bridgehead atoms. The number of amides is 1. The Balaban J connectivity index is 0.00000392. The maximum absolute atomic E-state index is 12.1. The van der Waals surface area contributed by atoms with Crippen LogP contribution in [-0.2, 0) is 11.3 Å². The Hall–Kier alpha value is -1.97. The van der Waals surface area contributed by atoms with Crippen molar-refractivity contribution in [3.05, 3.63) is 42.5 Å². The quantitative estimate of drug-likeness (QED) is 0.290. The molecule has 1 aliphatic rings. The highest BCUT2D eigenvalue weighted by atomic mass is 127. The fraction of sp³-hybridized carbons (Fsp3) is 0.500. The number of piperazine rings is 1. The van der Waals surface area contributed by atoms with Crippen molar-refractivity contribution < 1.29 is 14.3 Å². The molecule has 1 heterocycles. The van der Waals surface area contributed by atoms with Crippen LogP contribution >= 0.6 is 24.0 Å². The van der Waals surface area contributed by atoms with Gasteiger partial charge < -0.3 is 25.0 Å². The van der Waals surface area contributed by atoms with Gasteiger partial charge >= 0.3 is 6.09 Å². The molecule has 0 radical (unpaired) electrons. The third-order valence-corrected chi connectivity index (χ3v) is 4.00. The monoisotopic (exact) mass is 502 g/mol. The van der Waals surface area contributed by atoms with Gasteiger partial charge in [-0.25, -0.2) is 9.79 Å². The van der Waals surface area contributed by atoms with E-state index in [1.807, 2.05) is 49.9 Å². The first-order valence-corrected chi connectivity index (χ1v) is 9.14. The minimum atomic E-state index is -0.490. The molecule has 2 N–H and O–H groups in total. The standard InChI is InChI=1S/C20H30N4O3.HI/c1-5-14-26-17-9-7-6-8-16(17)15-22-18(21)23-10-12-24(13-11-23)19(25)27-20(2,3)4;/h5-9H,1,10-15H2,2-4H3,(H2,21,22);1H. The SMILES string of the molecule is C=CCOc1ccccc1CN=C(N)N1CCN(C(=O)OC(C)(C)C)CC1.I. The zero-order valence-corrected chi connectivity index (χ0v) is 19.2. The number of carbonyl (C=O) groups is 1. The smallest absolute Gasteiger partial charge is 0.410 e. The average Bonchev–Trinajstić information content (AvgIpc) is 2.63. The van der Waals surface area contributed by atoms with Gasteiger partial charge in [-0.15, -0.1) is 24.0 Å². The van der Waals surface area contributed by atoms with Crippen molar-refractivity contribution in [1.82, 2.24) is 9.80 Å². The lowest BCUT2D eigenvalue weighted by molar-refractivity contribution is 0.0186. The normalized spacial score (nSPS) is 14.9. The highest BCUT2D eigenvalue weighted by molar-refractivity contribution is 14.0. The number of benzene rings is 1. The van der Waals surface area contributed by atoms with Gasteiger partial charge in [0.05, 0.1) is 6.54 Å². The van der Waals surface area contributed by atoms with Gasteiger partial charge in [-0.1, -0.05) is 30.9 Å². The van der Waals surface area contributed by atoms with Crippen LogP contribution in [0.4, 0.5) is 4.79 Å². The van der Waals surface area contributed by atoms with Gasteiger partial charge in [-0.3, -0.25) is 0 Å². The van der Waals surface area contributed by atoms with Crippen molar-refractivity contribution >= 4 is 36.0 Å². The summed E-state index contributed by atoms with van der Waals surface area (Å²) in [5, 5.41) is 0. The molecule has 0 aliphatic carbocycles. The van der Waals surface area contributed by atoms with E-state index < -0.39 is 5.60 Å². The summed E-state index contributed by atoms with van der Waals surface area (Å²) in [5.74, 6) is 1.25. The first-order valence-electron chi connectivity index (χ1n) is 9.14. The number of carbonyl (C=O) groups excluding carboxylic acids is 1. The number of para-hydroxylation sites is 1. The van der Waals surface area contributed by atoms with E-state index in [-0.39, 0.29) is 30.1 Å². The van der Waals surface area contributed by atoms with Crippen LogP contribution in [0, 0.1) is 0 Å². The highest BCUT2D eigenvalue weighted by Gasteiger charge is 2.26. The van der Waals surface area contributed by atoms with Crippen molar-refractivity contribution in [3.8, 4) is 5.75 Å². The van der Waals surface area contributed by atoms with E-state index in [0.29, 0.717) is 45.3 Å². The van der Waals surface area contributed by atoms with Crippen molar-refractivity contribution in [2.45, 2.75) is 32.9 Å². The van der Waals surface area contributed by atoms with E-state index in [1.165, 1.54) is 0 Å². The zero-order chi connectivity index (χ0) is 19.9. The van der Waals surface area contributed by atoms with Gasteiger partial charge in [0.1, 0.15) is 18.0 Å². The van der Waals surface area contributed by atoms with Crippen LogP contribution in [0.1, 0.15) is 26.3 Å². The van der Waals surface area contributed by atoms with Crippen molar-refractivity contribution in [1.29, 1.82) is 0 Å². The average molecular weight is 502 g/mol. The Labute approximate surface area is 184 Å². The Kier molecular flexibility index (Phi) is 9.57. The van der Waals surface area contributed by atoms with Gasteiger partial charge in [-0.05, 0) is 26.8 Å². The van der Waals surface area contributed by atoms with Gasteiger partial charge in [-0.2, -0.15) is 0 Å². The first kappa shape index (κ1) is 24.1. The molecule has 156 valence electrons. The number of nitrogens with two attached hydrogens (primary N) is 1. The summed E-state index contributed by atoms with van der Waals surface area (Å²) in [5.41, 5.74) is 6.63. The number of ether oxygens (including phenoxy) is 2. The molecule has 0 unspecified atom stereocenters. The van der Waals surface area contributed by atoms with Crippen LogP contribution in [0.5, 0.6) is 5.75 Å². The topological polar surface area (TPSA) is 80.4 Å². The number of aliphatic imine (C=N–C) groups is 1. The molecule has 1 aromatic carbocycles. The van der Waals surface area contributed by atoms with Crippen LogP contribution < -0.4 is 10.5 Å². The molecule has 0 spiro atoms. The first-order chi connectivity index (χ1) is 12.8. The number of halogens is 1. The molecule has 1 aliphatic heterocycles. The zero-order valence-electron chi connectivity index (χ0n) is 16.9. The van der Waals surface area contributed by atoms with Crippen LogP contribution in [0.2, 0.25) is 0 Å². The lowest BCUT2D eigenvalue weighted by atomic mass is 10.2. The number of hydrogen-bond acceptors (Lipinski definition) is 4. The minimum absolute atomic E-state index is 0. The molecule has 2 rings (SSSR count). The van der Waals surface area contributed by atoms with E-state index in [1.54, 1.807) is 11.0 Å². The molecule has 28 heavy (non-hydrogen) atoms. The van der Waals surface area contributed by atoms with Gasteiger partial charge in [0.2, 0.25) is 0 Å². The molecule has 7 nitrogen and oxygen atoms in total. The summed E-state index contributed by atoms with van der Waals surface area (Å²) in [6.45, 7) is 12.5. The molecule has 1 aromatic rings. The van der Waals surface area contributed by atoms with Crippen molar-refractivity contribution in [3.63, 3.8) is 0 Å². The molecule has 0 aromatic heterocycles.